The fourth-order valence-electron chi connectivity index (χ4n) is 6.90. The molecule has 5 amide bonds. The van der Waals surface area contributed by atoms with Gasteiger partial charge in [-0.15, -0.1) is 0 Å². The molecule has 4 aromatic rings. The van der Waals surface area contributed by atoms with E-state index in [2.05, 4.69) is 0 Å². The largest absolute Gasteiger partial charge is 0.444 e. The Morgan fingerprint density at radius 1 is 0.483 bits per heavy atom. The van der Waals surface area contributed by atoms with E-state index < -0.39 is 41.8 Å². The monoisotopic (exact) mass is 789 g/mol. The maximum absolute atomic E-state index is 14.6. The van der Waals surface area contributed by atoms with Gasteiger partial charge in [0.1, 0.15) is 18.7 Å². The van der Waals surface area contributed by atoms with Crippen molar-refractivity contribution < 1.29 is 28.7 Å². The first-order chi connectivity index (χ1) is 27.6. The highest BCUT2D eigenvalue weighted by molar-refractivity contribution is 5.87. The van der Waals surface area contributed by atoms with E-state index in [0.29, 0.717) is 0 Å². The molecule has 0 saturated carbocycles. The summed E-state index contributed by atoms with van der Waals surface area (Å²) in [5.41, 5.74) is 8.12. The summed E-state index contributed by atoms with van der Waals surface area (Å²) < 4.78 is 5.79. The Morgan fingerprint density at radius 2 is 0.793 bits per heavy atom. The molecule has 0 aromatic heterocycles. The zero-order valence-electron chi connectivity index (χ0n) is 34.9. The lowest BCUT2D eigenvalue weighted by Gasteiger charge is -2.37. The molecule has 11 heteroatoms. The Labute approximate surface area is 343 Å². The molecule has 0 saturated heterocycles. The second-order valence-electron chi connectivity index (χ2n) is 15.6. The molecule has 0 radical (unpaired) electrons. The topological polar surface area (TPSA) is 134 Å². The molecule has 4 rings (SSSR count). The van der Waals surface area contributed by atoms with Crippen LogP contribution in [0.15, 0.2) is 121 Å². The molecule has 0 aliphatic carbocycles. The summed E-state index contributed by atoms with van der Waals surface area (Å²) in [5, 5.41) is 0. The number of ether oxygens (including phenoxy) is 1. The van der Waals surface area contributed by atoms with Gasteiger partial charge in [0.05, 0.1) is 24.2 Å². The van der Waals surface area contributed by atoms with E-state index in [0.717, 1.165) is 22.3 Å². The predicted octanol–water partition coefficient (Wildman–Crippen LogP) is 8.02. The lowest BCUT2D eigenvalue weighted by atomic mass is 10.0. The maximum Gasteiger partial charge on any atom is 0.411 e. The van der Waals surface area contributed by atoms with Gasteiger partial charge in [-0.3, -0.25) is 24.1 Å². The lowest BCUT2D eigenvalue weighted by molar-refractivity contribution is -0.145. The van der Waals surface area contributed by atoms with Gasteiger partial charge < -0.3 is 25.2 Å². The molecule has 58 heavy (non-hydrogen) atoms. The molecule has 0 aliphatic rings. The summed E-state index contributed by atoms with van der Waals surface area (Å²) in [6, 6.07) is 36.0. The Hall–Kier alpha value is -5.97. The smallest absolute Gasteiger partial charge is 0.411 e. The molecule has 308 valence electrons. The van der Waals surface area contributed by atoms with Crippen molar-refractivity contribution in [1.29, 1.82) is 0 Å². The fraction of sp³-hybridized carbons (Fsp3) is 0.383. The molecule has 0 fully saturated rings. The van der Waals surface area contributed by atoms with Crippen LogP contribution < -0.4 is 5.73 Å². The highest BCUT2D eigenvalue weighted by atomic mass is 16.6. The van der Waals surface area contributed by atoms with Crippen LogP contribution in [0.2, 0.25) is 0 Å². The van der Waals surface area contributed by atoms with Crippen molar-refractivity contribution in [3.63, 3.8) is 0 Å². The Balaban J connectivity index is 1.66. The van der Waals surface area contributed by atoms with Crippen molar-refractivity contribution in [2.45, 2.75) is 91.1 Å². The number of amides is 5. The van der Waals surface area contributed by atoms with Crippen LogP contribution in [0.25, 0.3) is 0 Å². The molecular weight excluding hydrogens is 731 g/mol. The normalized spacial score (nSPS) is 13.3. The van der Waals surface area contributed by atoms with E-state index in [1.807, 2.05) is 149 Å². The van der Waals surface area contributed by atoms with Gasteiger partial charge in [-0.25, -0.2) is 4.79 Å². The van der Waals surface area contributed by atoms with Gasteiger partial charge in [0.2, 0.25) is 23.6 Å². The van der Waals surface area contributed by atoms with Gasteiger partial charge in [-0.05, 0) is 70.7 Å². The average Bonchev–Trinajstić information content (AvgIpc) is 3.21. The van der Waals surface area contributed by atoms with Crippen LogP contribution in [0.5, 0.6) is 0 Å². The second kappa shape index (κ2) is 21.0. The first-order valence-corrected chi connectivity index (χ1v) is 19.9. The summed E-state index contributed by atoms with van der Waals surface area (Å²) in [4.78, 5) is 75.2. The molecule has 0 spiro atoms. The van der Waals surface area contributed by atoms with Gasteiger partial charge in [-0.1, -0.05) is 121 Å². The van der Waals surface area contributed by atoms with E-state index >= 15 is 0 Å². The van der Waals surface area contributed by atoms with Crippen molar-refractivity contribution >= 4 is 29.7 Å². The summed E-state index contributed by atoms with van der Waals surface area (Å²) >= 11 is 0. The number of nitrogens with zero attached hydrogens (tertiary/aromatic N) is 4. The number of nitrogens with two attached hydrogens (primary N) is 1. The molecule has 4 atom stereocenters. The molecule has 0 aliphatic heterocycles. The van der Waals surface area contributed by atoms with E-state index in [1.165, 1.54) is 9.80 Å². The van der Waals surface area contributed by atoms with E-state index in [-0.39, 0.29) is 56.7 Å². The summed E-state index contributed by atoms with van der Waals surface area (Å²) in [6.07, 6.45) is -0.778. The third kappa shape index (κ3) is 12.8. The highest BCUT2D eigenvalue weighted by Gasteiger charge is 2.34. The van der Waals surface area contributed by atoms with Crippen LogP contribution in [0, 0.1) is 0 Å². The quantitative estimate of drug-likeness (QED) is 0.109. The Bertz CT molecular complexity index is 1940. The third-order valence-corrected chi connectivity index (χ3v) is 10.4. The summed E-state index contributed by atoms with van der Waals surface area (Å²) in [5.74, 6) is -1.59. The molecule has 11 nitrogen and oxygen atoms in total. The zero-order valence-corrected chi connectivity index (χ0v) is 34.9. The Morgan fingerprint density at radius 3 is 1.14 bits per heavy atom. The number of carbonyl (C=O) groups excluding carboxylic acids is 5. The molecule has 0 unspecified atom stereocenters. The highest BCUT2D eigenvalue weighted by Crippen LogP contribution is 2.28. The third-order valence-electron chi connectivity index (χ3n) is 10.4. The number of hydrogen-bond donors (Lipinski definition) is 1. The summed E-state index contributed by atoms with van der Waals surface area (Å²) in [6.45, 7) is 12.4. The van der Waals surface area contributed by atoms with Crippen LogP contribution in [0.1, 0.15) is 108 Å². The molecule has 2 N–H and O–H groups in total. The minimum Gasteiger partial charge on any atom is -0.444 e. The second-order valence-corrected chi connectivity index (χ2v) is 15.6. The van der Waals surface area contributed by atoms with Crippen LogP contribution in [0.3, 0.4) is 0 Å². The van der Waals surface area contributed by atoms with E-state index in [9.17, 15) is 24.0 Å². The van der Waals surface area contributed by atoms with Crippen molar-refractivity contribution in [3.05, 3.63) is 144 Å². The van der Waals surface area contributed by atoms with Crippen molar-refractivity contribution in [3.8, 4) is 0 Å². The molecule has 0 heterocycles. The SMILES string of the molecule is C[C@@H](c1ccccc1)N(CCC(N)=O)C(=O)CN(C(=O)CCN(C(=O)CN(C(=O)OC(C)(C)C)[C@@H](C)c1ccccc1)[C@@H](C)c1ccccc1)[C@@H](C)c1ccccc1. The minimum atomic E-state index is -0.803. The molecular formula is C47H59N5O6. The first kappa shape index (κ1) is 44.7. The van der Waals surface area contributed by atoms with Crippen LogP contribution >= 0.6 is 0 Å². The van der Waals surface area contributed by atoms with Gasteiger partial charge in [0.25, 0.3) is 0 Å². The van der Waals surface area contributed by atoms with E-state index in [1.54, 1.807) is 30.6 Å². The predicted molar refractivity (Wildman–Crippen MR) is 226 cm³/mol. The van der Waals surface area contributed by atoms with Crippen LogP contribution in [-0.4, -0.2) is 81.1 Å². The van der Waals surface area contributed by atoms with Crippen molar-refractivity contribution in [2.24, 2.45) is 5.73 Å². The van der Waals surface area contributed by atoms with E-state index in [4.69, 9.17) is 10.5 Å². The van der Waals surface area contributed by atoms with Crippen LogP contribution in [-0.2, 0) is 23.9 Å². The van der Waals surface area contributed by atoms with Crippen molar-refractivity contribution in [1.82, 2.24) is 19.6 Å². The fourth-order valence-corrected chi connectivity index (χ4v) is 6.90. The Kier molecular flexibility index (Phi) is 16.2. The lowest BCUT2D eigenvalue weighted by Crippen LogP contribution is -2.48. The standard InChI is InChI=1S/C47H59N5O6/c1-34(38-20-12-8-13-21-38)49(30-28-42(48)53)44(55)32-51(36(3)40-24-16-10-17-25-40)43(54)29-31-50(35(2)39-22-14-9-15-23-39)45(56)33-52(46(57)58-47(5,6)7)37(4)41-26-18-11-19-27-41/h8-27,34-37H,28-33H2,1-7H3,(H2,48,53)/t34-,35-,36-,37-/m0/s1. The van der Waals surface area contributed by atoms with Gasteiger partial charge in [0, 0.05) is 25.9 Å². The number of benzene rings is 4. The molecule has 4 aromatic carbocycles. The van der Waals surface area contributed by atoms with Crippen molar-refractivity contribution in [2.75, 3.05) is 26.2 Å². The molecule has 0 bridgehead atoms. The van der Waals surface area contributed by atoms with Gasteiger partial charge >= 0.3 is 6.09 Å². The zero-order chi connectivity index (χ0) is 42.4. The first-order valence-electron chi connectivity index (χ1n) is 19.9. The number of carbonyl (C=O) groups is 5. The number of rotatable bonds is 18. The number of hydrogen-bond acceptors (Lipinski definition) is 6. The minimum absolute atomic E-state index is 0.00755. The maximum atomic E-state index is 14.6. The average molecular weight is 790 g/mol. The van der Waals surface area contributed by atoms with Gasteiger partial charge in [-0.2, -0.15) is 0 Å². The van der Waals surface area contributed by atoms with Gasteiger partial charge in [0.15, 0.2) is 0 Å². The summed E-state index contributed by atoms with van der Waals surface area (Å²) in [7, 11) is 0. The number of primary amides is 1. The van der Waals surface area contributed by atoms with Crippen LogP contribution in [0.4, 0.5) is 4.79 Å².